The number of methoxy groups -OCH3 is 1. The molecule has 1 saturated heterocycles. The second-order valence-corrected chi connectivity index (χ2v) is 5.11. The predicted molar refractivity (Wildman–Crippen MR) is 79.6 cm³/mol. The van der Waals surface area contributed by atoms with E-state index in [1.165, 1.54) is 11.7 Å². The summed E-state index contributed by atoms with van der Waals surface area (Å²) in [6, 6.07) is 0. The fourth-order valence-corrected chi connectivity index (χ4v) is 2.38. The van der Waals surface area contributed by atoms with E-state index in [2.05, 4.69) is 10.3 Å². The maximum Gasteiger partial charge on any atom is 0.330 e. The van der Waals surface area contributed by atoms with Gasteiger partial charge < -0.3 is 20.5 Å². The van der Waals surface area contributed by atoms with E-state index in [4.69, 9.17) is 15.2 Å². The molecule has 1 atom stereocenters. The molecule has 1 fully saturated rings. The van der Waals surface area contributed by atoms with Gasteiger partial charge in [-0.15, -0.1) is 0 Å². The summed E-state index contributed by atoms with van der Waals surface area (Å²) in [6.07, 6.45) is 1.94. The van der Waals surface area contributed by atoms with Gasteiger partial charge in [0, 0.05) is 26.9 Å². The van der Waals surface area contributed by atoms with E-state index in [9.17, 15) is 9.59 Å². The molecule has 2 rings (SSSR count). The molecule has 8 heteroatoms. The molecule has 0 aromatic carbocycles. The van der Waals surface area contributed by atoms with Crippen molar-refractivity contribution in [2.24, 2.45) is 5.92 Å². The molecular weight excluding hydrogens is 276 g/mol. The smallest absolute Gasteiger partial charge is 0.330 e. The molecule has 118 valence electrons. The van der Waals surface area contributed by atoms with Gasteiger partial charge in [-0.3, -0.25) is 14.3 Å². The number of hydrogen-bond donors (Lipinski definition) is 3. The van der Waals surface area contributed by atoms with E-state index in [1.54, 1.807) is 0 Å². The summed E-state index contributed by atoms with van der Waals surface area (Å²) >= 11 is 0. The van der Waals surface area contributed by atoms with Gasteiger partial charge in [-0.25, -0.2) is 4.79 Å². The Morgan fingerprint density at radius 1 is 1.52 bits per heavy atom. The lowest BCUT2D eigenvalue weighted by molar-refractivity contribution is 0.185. The van der Waals surface area contributed by atoms with Crippen LogP contribution in [0.2, 0.25) is 0 Å². The summed E-state index contributed by atoms with van der Waals surface area (Å²) < 4.78 is 11.5. The van der Waals surface area contributed by atoms with E-state index >= 15 is 0 Å². The fourth-order valence-electron chi connectivity index (χ4n) is 2.38. The molecule has 4 N–H and O–H groups in total. The third-order valence-corrected chi connectivity index (χ3v) is 3.64. The van der Waals surface area contributed by atoms with Crippen molar-refractivity contribution in [2.45, 2.75) is 19.4 Å². The quantitative estimate of drug-likeness (QED) is 0.632. The zero-order chi connectivity index (χ0) is 15.2. The number of nitrogens with two attached hydrogens (primary N) is 1. The highest BCUT2D eigenvalue weighted by molar-refractivity contribution is 5.60. The molecule has 1 aromatic heterocycles. The number of aromatic nitrogens is 2. The number of H-pyrrole nitrogens is 1. The van der Waals surface area contributed by atoms with Gasteiger partial charge in [0.05, 0.1) is 13.2 Å². The van der Waals surface area contributed by atoms with Crippen molar-refractivity contribution in [1.29, 1.82) is 0 Å². The second kappa shape index (κ2) is 7.28. The number of anilines is 2. The Kier molecular flexibility index (Phi) is 5.40. The number of hydrogen-bond acceptors (Lipinski definition) is 6. The van der Waals surface area contributed by atoms with Gasteiger partial charge >= 0.3 is 5.69 Å². The average molecular weight is 298 g/mol. The molecule has 8 nitrogen and oxygen atoms in total. The number of ether oxygens (including phenoxy) is 2. The third-order valence-electron chi connectivity index (χ3n) is 3.64. The molecular formula is C13H22N4O4. The zero-order valence-corrected chi connectivity index (χ0v) is 12.2. The van der Waals surface area contributed by atoms with Gasteiger partial charge in [-0.05, 0) is 18.8 Å². The van der Waals surface area contributed by atoms with Crippen molar-refractivity contribution < 1.29 is 9.47 Å². The molecule has 0 amide bonds. The van der Waals surface area contributed by atoms with Gasteiger partial charge in [0.1, 0.15) is 11.5 Å². The fraction of sp³-hybridized carbons (Fsp3) is 0.692. The second-order valence-electron chi connectivity index (χ2n) is 5.11. The third kappa shape index (κ3) is 3.85. The van der Waals surface area contributed by atoms with Crippen LogP contribution in [0.5, 0.6) is 0 Å². The summed E-state index contributed by atoms with van der Waals surface area (Å²) in [5.41, 5.74) is 5.14. The molecule has 1 unspecified atom stereocenters. The first-order valence-electron chi connectivity index (χ1n) is 7.06. The van der Waals surface area contributed by atoms with Crippen molar-refractivity contribution in [3.05, 3.63) is 20.8 Å². The number of rotatable bonds is 7. The molecule has 21 heavy (non-hydrogen) atoms. The van der Waals surface area contributed by atoms with Crippen molar-refractivity contribution in [2.75, 3.05) is 44.5 Å². The van der Waals surface area contributed by atoms with Crippen molar-refractivity contribution in [3.8, 4) is 0 Å². The first-order chi connectivity index (χ1) is 10.1. The molecule has 0 saturated carbocycles. The van der Waals surface area contributed by atoms with Gasteiger partial charge in [0.15, 0.2) is 0 Å². The Labute approximate surface area is 122 Å². The lowest BCUT2D eigenvalue weighted by Gasteiger charge is -2.14. The molecule has 0 spiro atoms. The van der Waals surface area contributed by atoms with Crippen LogP contribution in [0.1, 0.15) is 12.8 Å². The van der Waals surface area contributed by atoms with Crippen LogP contribution in [-0.2, 0) is 16.0 Å². The van der Waals surface area contributed by atoms with Crippen molar-refractivity contribution >= 4 is 11.5 Å². The van der Waals surface area contributed by atoms with Crippen molar-refractivity contribution in [1.82, 2.24) is 9.55 Å². The summed E-state index contributed by atoms with van der Waals surface area (Å²) in [6.45, 7) is 2.82. The highest BCUT2D eigenvalue weighted by Gasteiger charge is 2.16. The molecule has 0 bridgehead atoms. The molecule has 1 aromatic rings. The summed E-state index contributed by atoms with van der Waals surface area (Å²) in [4.78, 5) is 25.8. The van der Waals surface area contributed by atoms with Crippen LogP contribution < -0.4 is 22.3 Å². The van der Waals surface area contributed by atoms with Gasteiger partial charge in [0.2, 0.25) is 0 Å². The number of aromatic amines is 1. The highest BCUT2D eigenvalue weighted by Crippen LogP contribution is 2.17. The minimum Gasteiger partial charge on any atom is -0.383 e. The van der Waals surface area contributed by atoms with Crippen molar-refractivity contribution in [3.63, 3.8) is 0 Å². The summed E-state index contributed by atoms with van der Waals surface area (Å²) in [7, 11) is 1.54. The lowest BCUT2D eigenvalue weighted by atomic mass is 10.1. The standard InChI is InChI=1S/C13H22N4O4/c1-20-7-5-17-11(14)10(12(18)16-13(17)19)15-4-2-9-3-6-21-8-9/h9,15H,2-8,14H2,1H3,(H,16,18,19). The minimum absolute atomic E-state index is 0.142. The number of nitrogens with zero attached hydrogens (tertiary/aromatic N) is 1. The Bertz CT molecular complexity index is 575. The Balaban J connectivity index is 2.06. The predicted octanol–water partition coefficient (Wildman–Crippen LogP) is -0.396. The molecule has 1 aliphatic heterocycles. The zero-order valence-electron chi connectivity index (χ0n) is 12.2. The maximum absolute atomic E-state index is 11.8. The first-order valence-corrected chi connectivity index (χ1v) is 7.06. The van der Waals surface area contributed by atoms with Gasteiger partial charge in [0.25, 0.3) is 5.56 Å². The minimum atomic E-state index is -0.524. The number of nitrogen functional groups attached to an aromatic ring is 1. The van der Waals surface area contributed by atoms with E-state index in [-0.39, 0.29) is 11.5 Å². The normalized spacial score (nSPS) is 18.0. The van der Waals surface area contributed by atoms with E-state index in [0.717, 1.165) is 26.1 Å². The van der Waals surface area contributed by atoms with Gasteiger partial charge in [-0.2, -0.15) is 0 Å². The number of nitrogens with one attached hydrogen (secondary N) is 2. The average Bonchev–Trinajstić information content (AvgIpc) is 2.95. The van der Waals surface area contributed by atoms with Crippen LogP contribution in [0.3, 0.4) is 0 Å². The van der Waals surface area contributed by atoms with Gasteiger partial charge in [-0.1, -0.05) is 0 Å². The Morgan fingerprint density at radius 2 is 2.33 bits per heavy atom. The monoisotopic (exact) mass is 298 g/mol. The van der Waals surface area contributed by atoms with Crippen LogP contribution in [-0.4, -0.2) is 43.0 Å². The Hall–Kier alpha value is -1.80. The molecule has 1 aliphatic rings. The van der Waals surface area contributed by atoms with E-state index in [0.29, 0.717) is 25.6 Å². The van der Waals surface area contributed by atoms with E-state index < -0.39 is 11.2 Å². The van der Waals surface area contributed by atoms with E-state index in [1.807, 2.05) is 0 Å². The van der Waals surface area contributed by atoms with Crippen LogP contribution in [0.4, 0.5) is 11.5 Å². The molecule has 0 radical (unpaired) electrons. The highest BCUT2D eigenvalue weighted by atomic mass is 16.5. The topological polar surface area (TPSA) is 111 Å². The lowest BCUT2D eigenvalue weighted by Crippen LogP contribution is -2.35. The van der Waals surface area contributed by atoms with Crippen LogP contribution >= 0.6 is 0 Å². The molecule has 2 heterocycles. The SMILES string of the molecule is COCCn1c(N)c(NCCC2CCOC2)c(=O)[nH]c1=O. The van der Waals surface area contributed by atoms with Crippen LogP contribution in [0.25, 0.3) is 0 Å². The molecule has 0 aliphatic carbocycles. The summed E-state index contributed by atoms with van der Waals surface area (Å²) in [5.74, 6) is 0.653. The largest absolute Gasteiger partial charge is 0.383 e. The maximum atomic E-state index is 11.8. The van der Waals surface area contributed by atoms with Crippen LogP contribution in [0.15, 0.2) is 9.59 Å². The summed E-state index contributed by atoms with van der Waals surface area (Å²) in [5, 5.41) is 3.03. The Morgan fingerprint density at radius 3 is 3.00 bits per heavy atom. The first kappa shape index (κ1) is 15.6. The van der Waals surface area contributed by atoms with Crippen LogP contribution in [0, 0.1) is 5.92 Å².